The van der Waals surface area contributed by atoms with Crippen LogP contribution in [-0.4, -0.2) is 5.11 Å². The van der Waals surface area contributed by atoms with Gasteiger partial charge in [-0.15, -0.1) is 0 Å². The number of halogens is 2. The van der Waals surface area contributed by atoms with Gasteiger partial charge in [-0.05, 0) is 46.2 Å². The lowest BCUT2D eigenvalue weighted by Crippen LogP contribution is -2.13. The molecule has 0 radical (unpaired) electrons. The standard InChI is InChI=1S/C26H28F2OS/c1-25(2,3)17-7-11-19(12-8-17)30(21-15-22(27)24(29)23(28)16-21)20-13-9-18(10-14-20)26(4,5)6/h7-16H,1-6H3/p+1. The molecular weight excluding hydrogens is 398 g/mol. The summed E-state index contributed by atoms with van der Waals surface area (Å²) in [4.78, 5) is 2.43. The molecule has 0 saturated carbocycles. The zero-order valence-electron chi connectivity index (χ0n) is 18.4. The van der Waals surface area contributed by atoms with Gasteiger partial charge in [-0.3, -0.25) is 0 Å². The van der Waals surface area contributed by atoms with Crippen molar-refractivity contribution >= 4 is 10.9 Å². The number of rotatable bonds is 3. The Hall–Kier alpha value is -2.33. The quantitative estimate of drug-likeness (QED) is 0.433. The maximum atomic E-state index is 14.2. The van der Waals surface area contributed by atoms with Crippen LogP contribution in [0, 0.1) is 11.6 Å². The molecule has 0 aliphatic heterocycles. The second kappa shape index (κ2) is 8.07. The van der Waals surface area contributed by atoms with Gasteiger partial charge in [0.25, 0.3) is 0 Å². The van der Waals surface area contributed by atoms with Crippen LogP contribution in [0.5, 0.6) is 5.75 Å². The summed E-state index contributed by atoms with van der Waals surface area (Å²) in [7, 11) is -0.705. The summed E-state index contributed by atoms with van der Waals surface area (Å²) < 4.78 is 28.4. The summed E-state index contributed by atoms with van der Waals surface area (Å²) in [6, 6.07) is 18.9. The lowest BCUT2D eigenvalue weighted by Gasteiger charge is -2.20. The van der Waals surface area contributed by atoms with Crippen molar-refractivity contribution < 1.29 is 13.9 Å². The molecule has 0 saturated heterocycles. The fraction of sp³-hybridized carbons (Fsp3) is 0.308. The van der Waals surface area contributed by atoms with Crippen LogP contribution in [0.2, 0.25) is 0 Å². The van der Waals surface area contributed by atoms with E-state index in [4.69, 9.17) is 0 Å². The van der Waals surface area contributed by atoms with Crippen LogP contribution in [0.4, 0.5) is 8.78 Å². The van der Waals surface area contributed by atoms with Crippen LogP contribution < -0.4 is 0 Å². The lowest BCUT2D eigenvalue weighted by atomic mass is 9.87. The predicted octanol–water partition coefficient (Wildman–Crippen LogP) is 7.36. The molecule has 0 bridgehead atoms. The third kappa shape index (κ3) is 4.70. The fourth-order valence-corrected chi connectivity index (χ4v) is 5.33. The van der Waals surface area contributed by atoms with Crippen molar-refractivity contribution in [3.05, 3.63) is 83.4 Å². The first-order valence-electron chi connectivity index (χ1n) is 10.0. The largest absolute Gasteiger partial charge is 0.503 e. The number of aromatic hydroxyl groups is 1. The summed E-state index contributed by atoms with van der Waals surface area (Å²) in [6.45, 7) is 12.9. The molecule has 0 unspecified atom stereocenters. The highest BCUT2D eigenvalue weighted by molar-refractivity contribution is 7.97. The van der Waals surface area contributed by atoms with Gasteiger partial charge in [0, 0.05) is 12.1 Å². The van der Waals surface area contributed by atoms with Crippen LogP contribution in [0.25, 0.3) is 0 Å². The average Bonchev–Trinajstić information content (AvgIpc) is 2.66. The molecule has 0 fully saturated rings. The van der Waals surface area contributed by atoms with Crippen molar-refractivity contribution in [3.63, 3.8) is 0 Å². The van der Waals surface area contributed by atoms with Crippen molar-refractivity contribution in [1.29, 1.82) is 0 Å². The van der Waals surface area contributed by atoms with Gasteiger partial charge < -0.3 is 5.11 Å². The van der Waals surface area contributed by atoms with Crippen LogP contribution in [0.15, 0.2) is 75.4 Å². The van der Waals surface area contributed by atoms with E-state index in [2.05, 4.69) is 65.8 Å². The van der Waals surface area contributed by atoms with E-state index in [1.807, 2.05) is 24.3 Å². The third-order valence-electron chi connectivity index (χ3n) is 5.14. The van der Waals surface area contributed by atoms with Crippen LogP contribution in [0.3, 0.4) is 0 Å². The van der Waals surface area contributed by atoms with Gasteiger partial charge in [-0.25, -0.2) is 8.78 Å². The van der Waals surface area contributed by atoms with E-state index in [1.165, 1.54) is 23.3 Å². The zero-order chi connectivity index (χ0) is 22.3. The summed E-state index contributed by atoms with van der Waals surface area (Å²) in [5.74, 6) is -2.83. The first-order valence-corrected chi connectivity index (χ1v) is 11.2. The Morgan fingerprint density at radius 1 is 0.600 bits per heavy atom. The number of hydrogen-bond acceptors (Lipinski definition) is 1. The minimum atomic E-state index is -0.944. The predicted molar refractivity (Wildman–Crippen MR) is 120 cm³/mol. The van der Waals surface area contributed by atoms with Crippen molar-refractivity contribution in [2.75, 3.05) is 0 Å². The van der Waals surface area contributed by atoms with Crippen LogP contribution in [0.1, 0.15) is 52.7 Å². The van der Waals surface area contributed by atoms with Gasteiger partial charge >= 0.3 is 0 Å². The van der Waals surface area contributed by atoms with Gasteiger partial charge in [-0.1, -0.05) is 65.8 Å². The Morgan fingerprint density at radius 2 is 0.933 bits per heavy atom. The smallest absolute Gasteiger partial charge is 0.188 e. The highest BCUT2D eigenvalue weighted by Gasteiger charge is 2.32. The summed E-state index contributed by atoms with van der Waals surface area (Å²) >= 11 is 0. The Kier molecular flexibility index (Phi) is 6.01. The molecule has 3 aromatic carbocycles. The lowest BCUT2D eigenvalue weighted by molar-refractivity contribution is 0.394. The van der Waals surface area contributed by atoms with E-state index in [-0.39, 0.29) is 10.8 Å². The molecule has 4 heteroatoms. The minimum absolute atomic E-state index is 0.0161. The van der Waals surface area contributed by atoms with Crippen molar-refractivity contribution in [2.45, 2.75) is 67.1 Å². The zero-order valence-corrected chi connectivity index (χ0v) is 19.2. The average molecular weight is 428 g/mol. The summed E-state index contributed by atoms with van der Waals surface area (Å²) in [6.07, 6.45) is 0. The van der Waals surface area contributed by atoms with Crippen LogP contribution >= 0.6 is 0 Å². The van der Waals surface area contributed by atoms with E-state index >= 15 is 0 Å². The molecule has 0 atom stereocenters. The normalized spacial score (nSPS) is 12.4. The van der Waals surface area contributed by atoms with Gasteiger partial charge in [-0.2, -0.15) is 0 Å². The van der Waals surface area contributed by atoms with Crippen molar-refractivity contribution in [1.82, 2.24) is 0 Å². The molecular formula is C26H29F2OS+. The van der Waals surface area contributed by atoms with E-state index in [1.54, 1.807) is 0 Å². The topological polar surface area (TPSA) is 20.2 Å². The maximum Gasteiger partial charge on any atom is 0.188 e. The molecule has 1 N–H and O–H groups in total. The molecule has 158 valence electrons. The molecule has 0 spiro atoms. The monoisotopic (exact) mass is 427 g/mol. The fourth-order valence-electron chi connectivity index (χ4n) is 3.25. The highest BCUT2D eigenvalue weighted by atomic mass is 32.2. The number of phenolic OH excluding ortho intramolecular Hbond substituents is 1. The van der Waals surface area contributed by atoms with Gasteiger partial charge in [0.1, 0.15) is 0 Å². The molecule has 1 nitrogen and oxygen atoms in total. The summed E-state index contributed by atoms with van der Waals surface area (Å²) in [5.41, 5.74) is 2.42. The highest BCUT2D eigenvalue weighted by Crippen LogP contribution is 2.36. The minimum Gasteiger partial charge on any atom is -0.503 e. The van der Waals surface area contributed by atoms with Gasteiger partial charge in [0.05, 0.1) is 10.9 Å². The van der Waals surface area contributed by atoms with E-state index in [0.29, 0.717) is 4.90 Å². The maximum absolute atomic E-state index is 14.2. The first kappa shape index (κ1) is 22.4. The van der Waals surface area contributed by atoms with Gasteiger partial charge in [0.15, 0.2) is 32.1 Å². The second-order valence-electron chi connectivity index (χ2n) is 9.59. The first-order chi connectivity index (χ1) is 13.9. The SMILES string of the molecule is CC(C)(C)c1ccc([S+](c2ccc(C(C)(C)C)cc2)c2cc(F)c(O)c(F)c2)cc1. The number of hydrogen-bond donors (Lipinski definition) is 1. The molecule has 0 aliphatic rings. The van der Waals surface area contributed by atoms with E-state index in [0.717, 1.165) is 9.79 Å². The molecule has 0 aliphatic carbocycles. The molecule has 3 rings (SSSR count). The third-order valence-corrected chi connectivity index (χ3v) is 7.33. The van der Waals surface area contributed by atoms with Crippen molar-refractivity contribution in [3.8, 4) is 5.75 Å². The molecule has 30 heavy (non-hydrogen) atoms. The molecule has 0 aromatic heterocycles. The Bertz CT molecular complexity index is 946. The number of benzene rings is 3. The Labute approximate surface area is 181 Å². The van der Waals surface area contributed by atoms with Crippen molar-refractivity contribution in [2.24, 2.45) is 0 Å². The molecule has 0 amide bonds. The van der Waals surface area contributed by atoms with E-state index < -0.39 is 28.3 Å². The molecule has 0 heterocycles. The number of phenols is 1. The summed E-state index contributed by atoms with van der Waals surface area (Å²) in [5, 5.41) is 9.56. The Morgan fingerprint density at radius 3 is 1.23 bits per heavy atom. The molecule has 3 aromatic rings. The second-order valence-corrected chi connectivity index (χ2v) is 11.6. The van der Waals surface area contributed by atoms with E-state index in [9.17, 15) is 13.9 Å². The van der Waals surface area contributed by atoms with Gasteiger partial charge in [0.2, 0.25) is 0 Å². The Balaban J connectivity index is 2.14. The van der Waals surface area contributed by atoms with Crippen LogP contribution in [-0.2, 0) is 21.7 Å².